The van der Waals surface area contributed by atoms with Crippen LogP contribution in [0, 0.1) is 0 Å². The first-order valence-corrected chi connectivity index (χ1v) is 9.55. The molecular weight excluding hydrogens is 469 g/mol. The molecular formula is C20H32IN5O2. The number of unbranched alkanes of at least 4 members (excludes halogenated alkanes) is 1. The van der Waals surface area contributed by atoms with Crippen LogP contribution in [-0.4, -0.2) is 49.2 Å². The van der Waals surface area contributed by atoms with Gasteiger partial charge in [-0.15, -0.1) is 24.0 Å². The van der Waals surface area contributed by atoms with E-state index in [2.05, 4.69) is 27.6 Å². The maximum absolute atomic E-state index is 5.35. The van der Waals surface area contributed by atoms with Crippen molar-refractivity contribution in [2.24, 2.45) is 4.99 Å². The summed E-state index contributed by atoms with van der Waals surface area (Å²) in [6.07, 6.45) is 4.05. The number of methoxy groups -OCH3 is 1. The van der Waals surface area contributed by atoms with Crippen LogP contribution in [0.2, 0.25) is 0 Å². The van der Waals surface area contributed by atoms with Crippen molar-refractivity contribution >= 4 is 29.9 Å². The van der Waals surface area contributed by atoms with Crippen molar-refractivity contribution in [2.45, 2.75) is 33.2 Å². The SMILES string of the molecule is CCNC(=NCc1ccn(-c2ccc(OC)cc2)n1)NCCCCOCC.I. The van der Waals surface area contributed by atoms with Crippen molar-refractivity contribution in [1.29, 1.82) is 0 Å². The summed E-state index contributed by atoms with van der Waals surface area (Å²) in [7, 11) is 1.66. The first kappa shape index (κ1) is 24.2. The lowest BCUT2D eigenvalue weighted by molar-refractivity contribution is 0.143. The zero-order valence-corrected chi connectivity index (χ0v) is 19.3. The molecule has 1 heterocycles. The number of halogens is 1. The largest absolute Gasteiger partial charge is 0.497 e. The minimum absolute atomic E-state index is 0. The molecule has 0 spiro atoms. The Hall–Kier alpha value is -1.81. The number of guanidine groups is 1. The van der Waals surface area contributed by atoms with E-state index in [0.29, 0.717) is 6.54 Å². The first-order chi connectivity index (χ1) is 13.3. The molecule has 0 bridgehead atoms. The molecule has 0 saturated heterocycles. The second-order valence-electron chi connectivity index (χ2n) is 5.98. The predicted octanol–water partition coefficient (Wildman–Crippen LogP) is 3.37. The van der Waals surface area contributed by atoms with Crippen molar-refractivity contribution in [1.82, 2.24) is 20.4 Å². The molecule has 7 nitrogen and oxygen atoms in total. The zero-order valence-electron chi connectivity index (χ0n) is 17.0. The van der Waals surface area contributed by atoms with Gasteiger partial charge >= 0.3 is 0 Å². The minimum Gasteiger partial charge on any atom is -0.497 e. The van der Waals surface area contributed by atoms with Crippen LogP contribution in [0.5, 0.6) is 5.75 Å². The van der Waals surface area contributed by atoms with E-state index in [1.165, 1.54) is 0 Å². The predicted molar refractivity (Wildman–Crippen MR) is 124 cm³/mol. The molecule has 0 saturated carbocycles. The molecule has 0 atom stereocenters. The van der Waals surface area contributed by atoms with E-state index in [1.807, 2.05) is 48.1 Å². The van der Waals surface area contributed by atoms with Crippen LogP contribution >= 0.6 is 24.0 Å². The Labute approximate surface area is 184 Å². The van der Waals surface area contributed by atoms with E-state index < -0.39 is 0 Å². The van der Waals surface area contributed by atoms with Crippen molar-refractivity contribution in [3.8, 4) is 11.4 Å². The fourth-order valence-corrected chi connectivity index (χ4v) is 2.51. The topological polar surface area (TPSA) is 72.7 Å². The van der Waals surface area contributed by atoms with Crippen molar-refractivity contribution in [3.05, 3.63) is 42.2 Å². The van der Waals surface area contributed by atoms with E-state index >= 15 is 0 Å². The number of benzene rings is 1. The Bertz CT molecular complexity index is 688. The Morgan fingerprint density at radius 3 is 2.57 bits per heavy atom. The number of hydrogen-bond acceptors (Lipinski definition) is 4. The Morgan fingerprint density at radius 1 is 1.11 bits per heavy atom. The smallest absolute Gasteiger partial charge is 0.191 e. The molecule has 28 heavy (non-hydrogen) atoms. The molecule has 0 amide bonds. The molecule has 0 fully saturated rings. The summed E-state index contributed by atoms with van der Waals surface area (Å²) in [5.41, 5.74) is 1.91. The van der Waals surface area contributed by atoms with Crippen LogP contribution in [-0.2, 0) is 11.3 Å². The molecule has 2 aromatic rings. The monoisotopic (exact) mass is 501 g/mol. The molecule has 0 unspecified atom stereocenters. The van der Waals surface area contributed by atoms with Crippen LogP contribution in [0.3, 0.4) is 0 Å². The van der Waals surface area contributed by atoms with Gasteiger partial charge in [-0.2, -0.15) is 5.10 Å². The molecule has 0 aliphatic rings. The van der Waals surface area contributed by atoms with Crippen LogP contribution in [0.25, 0.3) is 5.69 Å². The van der Waals surface area contributed by atoms with Crippen LogP contribution in [0.15, 0.2) is 41.5 Å². The van der Waals surface area contributed by atoms with Crippen LogP contribution in [0.1, 0.15) is 32.4 Å². The highest BCUT2D eigenvalue weighted by molar-refractivity contribution is 14.0. The lowest BCUT2D eigenvalue weighted by Gasteiger charge is -2.10. The Morgan fingerprint density at radius 2 is 1.89 bits per heavy atom. The lowest BCUT2D eigenvalue weighted by atomic mass is 10.3. The van der Waals surface area contributed by atoms with E-state index in [0.717, 1.165) is 62.2 Å². The van der Waals surface area contributed by atoms with Gasteiger partial charge < -0.3 is 20.1 Å². The van der Waals surface area contributed by atoms with Gasteiger partial charge in [0.05, 0.1) is 25.0 Å². The molecule has 2 rings (SSSR count). The molecule has 2 N–H and O–H groups in total. The highest BCUT2D eigenvalue weighted by Crippen LogP contribution is 2.14. The molecule has 156 valence electrons. The average Bonchev–Trinajstić information content (AvgIpc) is 3.17. The number of rotatable bonds is 11. The fraction of sp³-hybridized carbons (Fsp3) is 0.500. The summed E-state index contributed by atoms with van der Waals surface area (Å²) < 4.78 is 12.4. The number of nitrogens with zero attached hydrogens (tertiary/aromatic N) is 3. The number of aromatic nitrogens is 2. The second-order valence-corrected chi connectivity index (χ2v) is 5.98. The minimum atomic E-state index is 0. The number of aliphatic imine (C=N–C) groups is 1. The van der Waals surface area contributed by atoms with Gasteiger partial charge in [0.15, 0.2) is 5.96 Å². The van der Waals surface area contributed by atoms with Crippen molar-refractivity contribution in [3.63, 3.8) is 0 Å². The molecule has 8 heteroatoms. The van der Waals surface area contributed by atoms with E-state index in [4.69, 9.17) is 9.47 Å². The zero-order chi connectivity index (χ0) is 19.3. The normalized spacial score (nSPS) is 11.0. The van der Waals surface area contributed by atoms with Gasteiger partial charge in [-0.05, 0) is 57.0 Å². The molecule has 1 aromatic carbocycles. The number of hydrogen-bond donors (Lipinski definition) is 2. The highest BCUT2D eigenvalue weighted by Gasteiger charge is 2.03. The summed E-state index contributed by atoms with van der Waals surface area (Å²) in [5.74, 6) is 1.64. The van der Waals surface area contributed by atoms with E-state index in [-0.39, 0.29) is 24.0 Å². The van der Waals surface area contributed by atoms with E-state index in [1.54, 1.807) is 7.11 Å². The highest BCUT2D eigenvalue weighted by atomic mass is 127. The summed E-state index contributed by atoms with van der Waals surface area (Å²) in [5, 5.41) is 11.2. The second kappa shape index (κ2) is 14.2. The third-order valence-electron chi connectivity index (χ3n) is 3.94. The van der Waals surface area contributed by atoms with Gasteiger partial charge in [-0.1, -0.05) is 0 Å². The lowest BCUT2D eigenvalue weighted by Crippen LogP contribution is -2.37. The molecule has 0 aliphatic carbocycles. The molecule has 0 radical (unpaired) electrons. The van der Waals surface area contributed by atoms with Gasteiger partial charge in [0.1, 0.15) is 5.75 Å². The first-order valence-electron chi connectivity index (χ1n) is 9.55. The summed E-state index contributed by atoms with van der Waals surface area (Å²) in [4.78, 5) is 4.62. The van der Waals surface area contributed by atoms with Gasteiger partial charge in [-0.3, -0.25) is 0 Å². The van der Waals surface area contributed by atoms with Crippen LogP contribution in [0.4, 0.5) is 0 Å². The van der Waals surface area contributed by atoms with Gasteiger partial charge in [0, 0.05) is 32.5 Å². The molecule has 0 aliphatic heterocycles. The van der Waals surface area contributed by atoms with E-state index in [9.17, 15) is 0 Å². The Balaban J connectivity index is 0.00000392. The fourth-order valence-electron chi connectivity index (χ4n) is 2.51. The summed E-state index contributed by atoms with van der Waals surface area (Å²) >= 11 is 0. The average molecular weight is 501 g/mol. The molecule has 1 aromatic heterocycles. The van der Waals surface area contributed by atoms with Gasteiger partial charge in [-0.25, -0.2) is 9.67 Å². The standard InChI is InChI=1S/C20H31N5O2.HI/c1-4-21-20(22-13-6-7-15-27-5-2)23-16-17-12-14-25(24-17)18-8-10-19(26-3)11-9-18;/h8-12,14H,4-7,13,15-16H2,1-3H3,(H2,21,22,23);1H. The third-order valence-corrected chi connectivity index (χ3v) is 3.94. The number of ether oxygens (including phenoxy) is 2. The van der Waals surface area contributed by atoms with Crippen molar-refractivity contribution in [2.75, 3.05) is 33.4 Å². The maximum Gasteiger partial charge on any atom is 0.191 e. The number of nitrogens with one attached hydrogen (secondary N) is 2. The maximum atomic E-state index is 5.35. The summed E-state index contributed by atoms with van der Waals surface area (Å²) in [6, 6.07) is 9.79. The third kappa shape index (κ3) is 8.47. The van der Waals surface area contributed by atoms with Gasteiger partial charge in [0.2, 0.25) is 0 Å². The summed E-state index contributed by atoms with van der Waals surface area (Å²) in [6.45, 7) is 7.89. The van der Waals surface area contributed by atoms with Crippen LogP contribution < -0.4 is 15.4 Å². The van der Waals surface area contributed by atoms with Crippen molar-refractivity contribution < 1.29 is 9.47 Å². The van der Waals surface area contributed by atoms with Gasteiger partial charge in [0.25, 0.3) is 0 Å². The quantitative estimate of drug-likeness (QED) is 0.214. The Kier molecular flexibility index (Phi) is 12.3.